The second kappa shape index (κ2) is 11.4. The predicted molar refractivity (Wildman–Crippen MR) is 147 cm³/mol. The molecule has 1 fully saturated rings. The first-order valence-electron chi connectivity index (χ1n) is 12.1. The van der Waals surface area contributed by atoms with Gasteiger partial charge in [0.15, 0.2) is 5.78 Å². The number of hydrogen-bond acceptors (Lipinski definition) is 6. The fourth-order valence-electron chi connectivity index (χ4n) is 4.21. The van der Waals surface area contributed by atoms with Crippen LogP contribution in [0.1, 0.15) is 39.3 Å². The van der Waals surface area contributed by atoms with Gasteiger partial charge in [0.25, 0.3) is 5.91 Å². The lowest BCUT2D eigenvalue weighted by Crippen LogP contribution is -2.32. The highest BCUT2D eigenvalue weighted by molar-refractivity contribution is 8.01. The van der Waals surface area contributed by atoms with Gasteiger partial charge in [-0.2, -0.15) is 0 Å². The second-order valence-corrected chi connectivity index (χ2v) is 9.87. The molecule has 4 aromatic carbocycles. The first-order chi connectivity index (χ1) is 18.5. The molecule has 0 aromatic heterocycles. The summed E-state index contributed by atoms with van der Waals surface area (Å²) in [5, 5.41) is -0.461. The van der Waals surface area contributed by atoms with E-state index in [9.17, 15) is 14.4 Å². The number of ketones is 1. The number of amides is 1. The van der Waals surface area contributed by atoms with Gasteiger partial charge in [0.05, 0.1) is 0 Å². The number of thioether (sulfide) groups is 1. The molecule has 7 heteroatoms. The maximum atomic E-state index is 13.4. The molecule has 1 heterocycles. The van der Waals surface area contributed by atoms with Crippen LogP contribution in [0.4, 0.5) is 5.69 Å². The van der Waals surface area contributed by atoms with E-state index in [-0.39, 0.29) is 11.7 Å². The van der Waals surface area contributed by atoms with E-state index in [4.69, 9.17) is 9.47 Å². The topological polar surface area (TPSA) is 72.9 Å². The van der Waals surface area contributed by atoms with Crippen molar-refractivity contribution in [2.24, 2.45) is 0 Å². The van der Waals surface area contributed by atoms with Gasteiger partial charge in [-0.3, -0.25) is 19.3 Å². The maximum absolute atomic E-state index is 13.4. The molecule has 1 aliphatic rings. The summed E-state index contributed by atoms with van der Waals surface area (Å²) in [7, 11) is 0. The van der Waals surface area contributed by atoms with E-state index in [0.717, 1.165) is 11.1 Å². The number of hydrogen-bond donors (Lipinski definition) is 0. The molecule has 1 aliphatic heterocycles. The summed E-state index contributed by atoms with van der Waals surface area (Å²) >= 11 is 1.24. The fraction of sp³-hybridized carbons (Fsp3) is 0.129. The summed E-state index contributed by atoms with van der Waals surface area (Å²) in [5.74, 6) is -0.330. The van der Waals surface area contributed by atoms with Gasteiger partial charge in [0.1, 0.15) is 17.7 Å². The van der Waals surface area contributed by atoms with Crippen LogP contribution >= 0.6 is 11.8 Å². The van der Waals surface area contributed by atoms with Crippen LogP contribution in [0, 0.1) is 0 Å². The summed E-state index contributed by atoms with van der Waals surface area (Å²) in [4.78, 5) is 39.8. The zero-order valence-corrected chi connectivity index (χ0v) is 21.5. The minimum Gasteiger partial charge on any atom is -0.489 e. The van der Waals surface area contributed by atoms with E-state index < -0.39 is 16.8 Å². The van der Waals surface area contributed by atoms with Gasteiger partial charge in [-0.15, -0.1) is 0 Å². The number of nitrogens with zero attached hydrogens (tertiary/aromatic N) is 1. The first-order valence-corrected chi connectivity index (χ1v) is 13.1. The van der Waals surface area contributed by atoms with Crippen molar-refractivity contribution in [1.82, 2.24) is 0 Å². The van der Waals surface area contributed by atoms with Crippen molar-refractivity contribution in [2.45, 2.75) is 24.3 Å². The Morgan fingerprint density at radius 2 is 1.47 bits per heavy atom. The van der Waals surface area contributed by atoms with Crippen LogP contribution in [0.2, 0.25) is 0 Å². The SMILES string of the molecule is CC(=O)OC1SC(c2ccc(OCc3ccccc3)cc2)N(c2cccc(C(=O)c3ccccc3)c2)C1=O. The Balaban J connectivity index is 1.41. The third kappa shape index (κ3) is 5.63. The van der Waals surface area contributed by atoms with E-state index in [0.29, 0.717) is 29.2 Å². The van der Waals surface area contributed by atoms with Gasteiger partial charge in [-0.25, -0.2) is 0 Å². The maximum Gasteiger partial charge on any atom is 0.304 e. The molecule has 2 atom stereocenters. The Labute approximate surface area is 225 Å². The highest BCUT2D eigenvalue weighted by Gasteiger charge is 2.44. The van der Waals surface area contributed by atoms with Gasteiger partial charge in [-0.05, 0) is 35.4 Å². The van der Waals surface area contributed by atoms with Crippen LogP contribution in [0.3, 0.4) is 0 Å². The molecule has 1 amide bonds. The lowest BCUT2D eigenvalue weighted by Gasteiger charge is -2.24. The van der Waals surface area contributed by atoms with E-state index in [1.165, 1.54) is 18.7 Å². The van der Waals surface area contributed by atoms with Crippen molar-refractivity contribution in [2.75, 3.05) is 4.90 Å². The van der Waals surface area contributed by atoms with Crippen molar-refractivity contribution in [1.29, 1.82) is 0 Å². The molecule has 190 valence electrons. The fourth-order valence-corrected chi connectivity index (χ4v) is 5.52. The summed E-state index contributed by atoms with van der Waals surface area (Å²) in [6.07, 6.45) is 0. The quantitative estimate of drug-likeness (QED) is 0.203. The largest absolute Gasteiger partial charge is 0.489 e. The number of ether oxygens (including phenoxy) is 2. The lowest BCUT2D eigenvalue weighted by atomic mass is 10.0. The summed E-state index contributed by atoms with van der Waals surface area (Å²) in [6, 6.07) is 33.3. The molecule has 0 bridgehead atoms. The predicted octanol–water partition coefficient (Wildman–Crippen LogP) is 6.16. The molecule has 0 spiro atoms. The van der Waals surface area contributed by atoms with Crippen molar-refractivity contribution in [3.63, 3.8) is 0 Å². The highest BCUT2D eigenvalue weighted by atomic mass is 32.2. The number of carbonyl (C=O) groups is 3. The van der Waals surface area contributed by atoms with Crippen LogP contribution in [0.5, 0.6) is 5.75 Å². The molecule has 1 saturated heterocycles. The van der Waals surface area contributed by atoms with E-state index >= 15 is 0 Å². The van der Waals surface area contributed by atoms with Gasteiger partial charge in [0, 0.05) is 23.7 Å². The Hall–Kier alpha value is -4.36. The second-order valence-electron chi connectivity index (χ2n) is 8.73. The average molecular weight is 524 g/mol. The van der Waals surface area contributed by atoms with Gasteiger partial charge in [-0.1, -0.05) is 96.7 Å². The van der Waals surface area contributed by atoms with Crippen molar-refractivity contribution >= 4 is 35.1 Å². The Morgan fingerprint density at radius 1 is 0.816 bits per heavy atom. The minimum atomic E-state index is -0.986. The Kier molecular flexibility index (Phi) is 7.56. The smallest absolute Gasteiger partial charge is 0.304 e. The third-order valence-electron chi connectivity index (χ3n) is 6.04. The Bertz CT molecular complexity index is 1440. The molecule has 2 unspecified atom stereocenters. The highest BCUT2D eigenvalue weighted by Crippen LogP contribution is 2.46. The normalized spacial score (nSPS) is 16.8. The first kappa shape index (κ1) is 25.3. The molecule has 6 nitrogen and oxygen atoms in total. The summed E-state index contributed by atoms with van der Waals surface area (Å²) in [5.41, 5.74) is 2.49. The number of anilines is 1. The van der Waals surface area contributed by atoms with Crippen LogP contribution in [-0.2, 0) is 20.9 Å². The van der Waals surface area contributed by atoms with Crippen molar-refractivity contribution < 1.29 is 23.9 Å². The molecular formula is C31H25NO5S. The monoisotopic (exact) mass is 523 g/mol. The standard InChI is InChI=1S/C31H25NO5S/c1-21(33)37-31-29(35)32(26-14-8-13-25(19-26)28(34)23-11-6-3-7-12-23)30(38-31)24-15-17-27(18-16-24)36-20-22-9-4-2-5-10-22/h2-19,30-31H,20H2,1H3. The van der Waals surface area contributed by atoms with Crippen molar-refractivity contribution in [3.05, 3.63) is 131 Å². The van der Waals surface area contributed by atoms with Gasteiger partial charge < -0.3 is 9.47 Å². The Morgan fingerprint density at radius 3 is 2.16 bits per heavy atom. The van der Waals surface area contributed by atoms with Crippen LogP contribution < -0.4 is 9.64 Å². The molecular weight excluding hydrogens is 498 g/mol. The summed E-state index contributed by atoms with van der Waals surface area (Å²) < 4.78 is 11.2. The molecule has 5 rings (SSSR count). The van der Waals surface area contributed by atoms with E-state index in [1.54, 1.807) is 41.3 Å². The number of carbonyl (C=O) groups excluding carboxylic acids is 3. The molecule has 38 heavy (non-hydrogen) atoms. The van der Waals surface area contributed by atoms with E-state index in [2.05, 4.69) is 0 Å². The lowest BCUT2D eigenvalue weighted by molar-refractivity contribution is -0.147. The average Bonchev–Trinajstić information content (AvgIpc) is 3.27. The van der Waals surface area contributed by atoms with Crippen molar-refractivity contribution in [3.8, 4) is 5.75 Å². The van der Waals surface area contributed by atoms with Crippen LogP contribution in [-0.4, -0.2) is 23.1 Å². The molecule has 0 saturated carbocycles. The van der Waals surface area contributed by atoms with Gasteiger partial charge in [0.2, 0.25) is 5.44 Å². The minimum absolute atomic E-state index is 0.139. The molecule has 0 N–H and O–H groups in total. The van der Waals surface area contributed by atoms with E-state index in [1.807, 2.05) is 72.8 Å². The number of esters is 1. The molecule has 0 aliphatic carbocycles. The number of benzene rings is 4. The zero-order valence-electron chi connectivity index (χ0n) is 20.7. The third-order valence-corrected chi connectivity index (χ3v) is 7.32. The number of rotatable bonds is 8. The zero-order chi connectivity index (χ0) is 26.5. The van der Waals surface area contributed by atoms with Crippen LogP contribution in [0.15, 0.2) is 109 Å². The van der Waals surface area contributed by atoms with Crippen LogP contribution in [0.25, 0.3) is 0 Å². The van der Waals surface area contributed by atoms with Gasteiger partial charge >= 0.3 is 5.97 Å². The molecule has 4 aromatic rings. The summed E-state index contributed by atoms with van der Waals surface area (Å²) in [6.45, 7) is 1.73. The molecule has 0 radical (unpaired) electrons.